The van der Waals surface area contributed by atoms with Crippen LogP contribution in [0.5, 0.6) is 0 Å². The van der Waals surface area contributed by atoms with Crippen LogP contribution in [0.3, 0.4) is 0 Å². The summed E-state index contributed by atoms with van der Waals surface area (Å²) in [6.45, 7) is 3.85. The number of hydrogen-bond acceptors (Lipinski definition) is 4. The fourth-order valence-corrected chi connectivity index (χ4v) is 4.47. The number of carbonyl (C=O) groups is 2. The molecule has 0 saturated heterocycles. The minimum Gasteiger partial charge on any atom is -0.455 e. The molecule has 1 saturated carbocycles. The third-order valence-electron chi connectivity index (χ3n) is 4.64. The Hall–Kier alpha value is -1.01. The van der Waals surface area contributed by atoms with Gasteiger partial charge in [-0.05, 0) is 49.9 Å². The summed E-state index contributed by atoms with van der Waals surface area (Å²) in [7, 11) is 0. The first-order valence-electron chi connectivity index (χ1n) is 9.30. The van der Waals surface area contributed by atoms with Gasteiger partial charge in [0.25, 0.3) is 5.91 Å². The minimum absolute atomic E-state index is 0.186. The molecule has 0 bridgehead atoms. The average Bonchev–Trinajstić information content (AvgIpc) is 2.57. The number of carbonyl (C=O) groups excluding carboxylic acids is 2. The van der Waals surface area contributed by atoms with Gasteiger partial charge in [-0.3, -0.25) is 9.59 Å². The van der Waals surface area contributed by atoms with E-state index in [1.165, 1.54) is 31.0 Å². The molecule has 0 atom stereocenters. The second-order valence-corrected chi connectivity index (χ2v) is 8.80. The molecule has 1 aromatic carbocycles. The highest BCUT2D eigenvalue weighted by Crippen LogP contribution is 2.28. The highest BCUT2D eigenvalue weighted by molar-refractivity contribution is 9.10. The molecule has 0 radical (unpaired) electrons. The van der Waals surface area contributed by atoms with Crippen LogP contribution in [-0.4, -0.2) is 30.3 Å². The molecule has 1 fully saturated rings. The fourth-order valence-electron chi connectivity index (χ4n) is 3.10. The molecule has 0 heterocycles. The first kappa shape index (κ1) is 21.3. The van der Waals surface area contributed by atoms with Crippen molar-refractivity contribution in [2.45, 2.75) is 69.7 Å². The van der Waals surface area contributed by atoms with Crippen LogP contribution in [0.2, 0.25) is 0 Å². The van der Waals surface area contributed by atoms with Crippen molar-refractivity contribution in [2.75, 3.05) is 12.4 Å². The standard InChI is InChI=1S/C20H28BrNO3S/c1-14-11-18(15(2)10-17(14)21)26-13-20(24)25-12-19(23)22-16-8-6-4-3-5-7-9-16/h10-11,16H,3-9,12-13H2,1-2H3,(H,22,23). The monoisotopic (exact) mass is 441 g/mol. The molecule has 4 nitrogen and oxygen atoms in total. The molecule has 0 aliphatic heterocycles. The third-order valence-corrected chi connectivity index (χ3v) is 6.62. The van der Waals surface area contributed by atoms with E-state index in [2.05, 4.69) is 27.3 Å². The Morgan fingerprint density at radius 3 is 2.46 bits per heavy atom. The summed E-state index contributed by atoms with van der Waals surface area (Å²) >= 11 is 4.95. The molecule has 1 aliphatic carbocycles. The summed E-state index contributed by atoms with van der Waals surface area (Å²) in [5.74, 6) is -0.342. The van der Waals surface area contributed by atoms with Crippen molar-refractivity contribution in [3.05, 3.63) is 27.7 Å². The number of aryl methyl sites for hydroxylation is 2. The zero-order chi connectivity index (χ0) is 18.9. The molecule has 6 heteroatoms. The summed E-state index contributed by atoms with van der Waals surface area (Å²) in [4.78, 5) is 25.0. The van der Waals surface area contributed by atoms with Crippen molar-refractivity contribution in [3.8, 4) is 0 Å². The van der Waals surface area contributed by atoms with Crippen LogP contribution < -0.4 is 5.32 Å². The lowest BCUT2D eigenvalue weighted by molar-refractivity contribution is -0.146. The summed E-state index contributed by atoms with van der Waals surface area (Å²) in [6, 6.07) is 4.33. The Balaban J connectivity index is 1.71. The fraction of sp³-hybridized carbons (Fsp3) is 0.600. The summed E-state index contributed by atoms with van der Waals surface area (Å²) in [5, 5.41) is 3.01. The van der Waals surface area contributed by atoms with E-state index in [9.17, 15) is 9.59 Å². The number of hydrogen-bond donors (Lipinski definition) is 1. The molecular formula is C20H28BrNO3S. The highest BCUT2D eigenvalue weighted by Gasteiger charge is 2.15. The topological polar surface area (TPSA) is 55.4 Å². The lowest BCUT2D eigenvalue weighted by Gasteiger charge is -2.20. The Morgan fingerprint density at radius 2 is 1.77 bits per heavy atom. The molecule has 0 spiro atoms. The second kappa shape index (κ2) is 11.0. The maximum Gasteiger partial charge on any atom is 0.316 e. The van der Waals surface area contributed by atoms with Crippen LogP contribution in [0.1, 0.15) is 56.1 Å². The van der Waals surface area contributed by atoms with E-state index in [-0.39, 0.29) is 30.3 Å². The zero-order valence-corrected chi connectivity index (χ0v) is 18.0. The summed E-state index contributed by atoms with van der Waals surface area (Å²) < 4.78 is 6.20. The number of thioether (sulfide) groups is 1. The molecule has 1 N–H and O–H groups in total. The van der Waals surface area contributed by atoms with E-state index in [1.807, 2.05) is 19.9 Å². The van der Waals surface area contributed by atoms with E-state index in [0.717, 1.165) is 46.2 Å². The summed E-state index contributed by atoms with van der Waals surface area (Å²) in [5.41, 5.74) is 2.24. The molecular weight excluding hydrogens is 414 g/mol. The van der Waals surface area contributed by atoms with Gasteiger partial charge >= 0.3 is 5.97 Å². The Bertz CT molecular complexity index is 628. The van der Waals surface area contributed by atoms with Crippen molar-refractivity contribution >= 4 is 39.6 Å². The minimum atomic E-state index is -0.359. The van der Waals surface area contributed by atoms with Crippen LogP contribution in [0.4, 0.5) is 0 Å². The van der Waals surface area contributed by atoms with Gasteiger partial charge in [-0.2, -0.15) is 0 Å². The molecule has 0 aromatic heterocycles. The molecule has 26 heavy (non-hydrogen) atoms. The molecule has 0 unspecified atom stereocenters. The predicted octanol–water partition coefficient (Wildman–Crippen LogP) is 4.93. The maximum atomic E-state index is 12.0. The van der Waals surface area contributed by atoms with E-state index in [4.69, 9.17) is 4.74 Å². The predicted molar refractivity (Wildman–Crippen MR) is 110 cm³/mol. The van der Waals surface area contributed by atoms with Crippen molar-refractivity contribution < 1.29 is 14.3 Å². The average molecular weight is 442 g/mol. The van der Waals surface area contributed by atoms with Crippen LogP contribution in [-0.2, 0) is 14.3 Å². The number of benzene rings is 1. The van der Waals surface area contributed by atoms with Crippen molar-refractivity contribution in [1.29, 1.82) is 0 Å². The number of halogens is 1. The maximum absolute atomic E-state index is 12.0. The second-order valence-electron chi connectivity index (χ2n) is 6.93. The number of ether oxygens (including phenoxy) is 1. The number of rotatable bonds is 6. The first-order chi connectivity index (χ1) is 12.5. The Morgan fingerprint density at radius 1 is 1.12 bits per heavy atom. The number of esters is 1. The van der Waals surface area contributed by atoms with Crippen LogP contribution >= 0.6 is 27.7 Å². The third kappa shape index (κ3) is 7.31. The van der Waals surface area contributed by atoms with Crippen LogP contribution in [0.15, 0.2) is 21.5 Å². The molecule has 2 rings (SSSR count). The van der Waals surface area contributed by atoms with Crippen molar-refractivity contribution in [2.24, 2.45) is 0 Å². The molecule has 1 aromatic rings. The zero-order valence-electron chi connectivity index (χ0n) is 15.6. The summed E-state index contributed by atoms with van der Waals surface area (Å²) in [6.07, 6.45) is 8.16. The lowest BCUT2D eigenvalue weighted by atomic mass is 9.97. The number of amides is 1. The molecule has 1 aliphatic rings. The number of nitrogens with one attached hydrogen (secondary N) is 1. The van der Waals surface area contributed by atoms with Crippen LogP contribution in [0, 0.1) is 13.8 Å². The van der Waals surface area contributed by atoms with E-state index in [0.29, 0.717) is 0 Å². The van der Waals surface area contributed by atoms with Gasteiger partial charge < -0.3 is 10.1 Å². The van der Waals surface area contributed by atoms with Crippen molar-refractivity contribution in [3.63, 3.8) is 0 Å². The van der Waals surface area contributed by atoms with E-state index in [1.54, 1.807) is 0 Å². The van der Waals surface area contributed by atoms with Gasteiger partial charge in [0.15, 0.2) is 6.61 Å². The van der Waals surface area contributed by atoms with E-state index >= 15 is 0 Å². The van der Waals surface area contributed by atoms with Gasteiger partial charge in [0, 0.05) is 15.4 Å². The quantitative estimate of drug-likeness (QED) is 0.502. The largest absolute Gasteiger partial charge is 0.455 e. The van der Waals surface area contributed by atoms with Gasteiger partial charge in [-0.25, -0.2) is 0 Å². The van der Waals surface area contributed by atoms with Gasteiger partial charge in [-0.1, -0.05) is 48.0 Å². The normalized spacial score (nSPS) is 15.8. The van der Waals surface area contributed by atoms with Gasteiger partial charge in [-0.15, -0.1) is 11.8 Å². The van der Waals surface area contributed by atoms with Crippen LogP contribution in [0.25, 0.3) is 0 Å². The van der Waals surface area contributed by atoms with Gasteiger partial charge in [0.1, 0.15) is 0 Å². The van der Waals surface area contributed by atoms with Gasteiger partial charge in [0.2, 0.25) is 0 Å². The Kier molecular flexibility index (Phi) is 8.99. The van der Waals surface area contributed by atoms with E-state index < -0.39 is 0 Å². The first-order valence-corrected chi connectivity index (χ1v) is 11.1. The molecule has 1 amide bonds. The van der Waals surface area contributed by atoms with Crippen molar-refractivity contribution in [1.82, 2.24) is 5.32 Å². The highest BCUT2D eigenvalue weighted by atomic mass is 79.9. The lowest BCUT2D eigenvalue weighted by Crippen LogP contribution is -2.38. The SMILES string of the molecule is Cc1cc(SCC(=O)OCC(=O)NC2CCCCCCC2)c(C)cc1Br. The Labute approximate surface area is 169 Å². The smallest absolute Gasteiger partial charge is 0.316 e. The molecule has 144 valence electrons. The van der Waals surface area contributed by atoms with Gasteiger partial charge in [0.05, 0.1) is 5.75 Å².